The molecule has 1 aromatic carbocycles. The number of hydrogen-bond donors (Lipinski definition) is 2. The average molecular weight is 393 g/mol. The van der Waals surface area contributed by atoms with Crippen LogP contribution in [0, 0.1) is 0 Å². The second-order valence-electron chi connectivity index (χ2n) is 7.45. The number of hydrogen-bond acceptors (Lipinski definition) is 4. The molecule has 1 aliphatic carbocycles. The number of nitrogens with one attached hydrogen (secondary N) is 2. The summed E-state index contributed by atoms with van der Waals surface area (Å²) in [5.74, 6) is -0.241. The molecule has 2 aliphatic rings. The molecule has 1 aromatic rings. The van der Waals surface area contributed by atoms with Crippen LogP contribution in [0.25, 0.3) is 0 Å². The molecule has 3 rings (SSSR count). The lowest BCUT2D eigenvalue weighted by molar-refractivity contribution is -0.124. The number of halogens is 1. The van der Waals surface area contributed by atoms with Crippen molar-refractivity contribution in [3.8, 4) is 0 Å². The van der Waals surface area contributed by atoms with Crippen molar-refractivity contribution in [2.45, 2.75) is 51.1 Å². The largest absolute Gasteiger partial charge is 0.368 e. The highest BCUT2D eigenvalue weighted by Gasteiger charge is 2.27. The monoisotopic (exact) mass is 392 g/mol. The van der Waals surface area contributed by atoms with Crippen LogP contribution in [0.3, 0.4) is 0 Å². The summed E-state index contributed by atoms with van der Waals surface area (Å²) >= 11 is 6.28. The maximum Gasteiger partial charge on any atom is 0.321 e. The van der Waals surface area contributed by atoms with Gasteiger partial charge in [0, 0.05) is 32.2 Å². The number of anilines is 1. The Hall–Kier alpha value is -1.79. The van der Waals surface area contributed by atoms with Gasteiger partial charge in [0.05, 0.1) is 16.8 Å². The van der Waals surface area contributed by atoms with Crippen LogP contribution in [0.1, 0.15) is 39.0 Å². The van der Waals surface area contributed by atoms with E-state index in [-0.39, 0.29) is 24.0 Å². The number of para-hydroxylation sites is 1. The molecule has 1 atom stereocenters. The molecule has 0 aromatic heterocycles. The summed E-state index contributed by atoms with van der Waals surface area (Å²) in [6.45, 7) is 4.97. The molecule has 1 saturated heterocycles. The summed E-state index contributed by atoms with van der Waals surface area (Å²) in [6.07, 6.45) is 5.52. The van der Waals surface area contributed by atoms with Crippen molar-refractivity contribution in [1.29, 1.82) is 0 Å². The first kappa shape index (κ1) is 20.0. The Morgan fingerprint density at radius 3 is 2.41 bits per heavy atom. The Bertz CT molecular complexity index is 655. The number of imide groups is 1. The van der Waals surface area contributed by atoms with Crippen molar-refractivity contribution in [2.75, 3.05) is 31.1 Å². The van der Waals surface area contributed by atoms with Crippen molar-refractivity contribution >= 4 is 29.2 Å². The van der Waals surface area contributed by atoms with Gasteiger partial charge >= 0.3 is 6.03 Å². The maximum atomic E-state index is 12.5. The van der Waals surface area contributed by atoms with E-state index in [1.54, 1.807) is 0 Å². The third-order valence-corrected chi connectivity index (χ3v) is 5.93. The van der Waals surface area contributed by atoms with E-state index in [1.807, 2.05) is 31.2 Å². The van der Waals surface area contributed by atoms with E-state index in [9.17, 15) is 9.59 Å². The van der Waals surface area contributed by atoms with Gasteiger partial charge in [0.25, 0.3) is 0 Å². The van der Waals surface area contributed by atoms with E-state index in [0.717, 1.165) is 62.6 Å². The molecule has 7 heteroatoms. The molecule has 0 spiro atoms. The maximum absolute atomic E-state index is 12.5. The molecular formula is C20H29ClN4O2. The normalized spacial score (nSPS) is 20.1. The van der Waals surface area contributed by atoms with E-state index < -0.39 is 0 Å². The van der Waals surface area contributed by atoms with Gasteiger partial charge in [0.15, 0.2) is 0 Å². The summed E-state index contributed by atoms with van der Waals surface area (Å²) in [5.41, 5.74) is 1.03. The SMILES string of the molecule is CC(C(=O)NC(=O)NC1CCCCC1)N1CCN(c2ccccc2Cl)CC1. The number of rotatable bonds is 4. The van der Waals surface area contributed by atoms with Gasteiger partial charge in [-0.25, -0.2) is 4.79 Å². The number of amides is 3. The van der Waals surface area contributed by atoms with Crippen LogP contribution in [0.15, 0.2) is 24.3 Å². The zero-order chi connectivity index (χ0) is 19.2. The first-order chi connectivity index (χ1) is 13.0. The first-order valence-corrected chi connectivity index (χ1v) is 10.3. The fraction of sp³-hybridized carbons (Fsp3) is 0.600. The van der Waals surface area contributed by atoms with E-state index in [2.05, 4.69) is 20.4 Å². The Labute approximate surface area is 166 Å². The third kappa shape index (κ3) is 5.36. The number of nitrogens with zero attached hydrogens (tertiary/aromatic N) is 2. The third-order valence-electron chi connectivity index (χ3n) is 5.61. The first-order valence-electron chi connectivity index (χ1n) is 9.89. The number of urea groups is 1. The second kappa shape index (κ2) is 9.42. The number of piperazine rings is 1. The van der Waals surface area contributed by atoms with Gasteiger partial charge in [-0.1, -0.05) is 43.0 Å². The molecular weight excluding hydrogens is 364 g/mol. The van der Waals surface area contributed by atoms with Crippen LogP contribution in [-0.4, -0.2) is 55.1 Å². The lowest BCUT2D eigenvalue weighted by Gasteiger charge is -2.38. The van der Waals surface area contributed by atoms with Crippen molar-refractivity contribution in [3.05, 3.63) is 29.3 Å². The molecule has 0 bridgehead atoms. The highest BCUT2D eigenvalue weighted by atomic mass is 35.5. The minimum atomic E-state index is -0.367. The summed E-state index contributed by atoms with van der Waals surface area (Å²) in [6, 6.07) is 7.31. The van der Waals surface area contributed by atoms with Crippen LogP contribution in [-0.2, 0) is 4.79 Å². The highest BCUT2D eigenvalue weighted by Crippen LogP contribution is 2.26. The Morgan fingerprint density at radius 1 is 1.07 bits per heavy atom. The number of carbonyl (C=O) groups is 2. The summed E-state index contributed by atoms with van der Waals surface area (Å²) in [7, 11) is 0. The van der Waals surface area contributed by atoms with Crippen LogP contribution in [0.5, 0.6) is 0 Å². The Morgan fingerprint density at radius 2 is 1.74 bits per heavy atom. The summed E-state index contributed by atoms with van der Waals surface area (Å²) in [5, 5.41) is 6.19. The van der Waals surface area contributed by atoms with Crippen LogP contribution < -0.4 is 15.5 Å². The van der Waals surface area contributed by atoms with Crippen LogP contribution in [0.4, 0.5) is 10.5 Å². The smallest absolute Gasteiger partial charge is 0.321 e. The summed E-state index contributed by atoms with van der Waals surface area (Å²) < 4.78 is 0. The van der Waals surface area contributed by atoms with E-state index in [4.69, 9.17) is 11.6 Å². The van der Waals surface area contributed by atoms with Gasteiger partial charge in [-0.05, 0) is 31.9 Å². The second-order valence-corrected chi connectivity index (χ2v) is 7.86. The average Bonchev–Trinajstić information content (AvgIpc) is 2.68. The zero-order valence-electron chi connectivity index (χ0n) is 15.9. The molecule has 1 unspecified atom stereocenters. The van der Waals surface area contributed by atoms with Gasteiger partial charge in [-0.2, -0.15) is 0 Å². The predicted octanol–water partition coefficient (Wildman–Crippen LogP) is 3.01. The fourth-order valence-corrected chi connectivity index (χ4v) is 4.16. The van der Waals surface area contributed by atoms with Gasteiger partial charge in [0.1, 0.15) is 0 Å². The van der Waals surface area contributed by atoms with Crippen LogP contribution in [0.2, 0.25) is 5.02 Å². The topological polar surface area (TPSA) is 64.7 Å². The minimum absolute atomic E-state index is 0.195. The number of carbonyl (C=O) groups excluding carboxylic acids is 2. The molecule has 27 heavy (non-hydrogen) atoms. The minimum Gasteiger partial charge on any atom is -0.368 e. The Balaban J connectivity index is 1.45. The molecule has 1 heterocycles. The van der Waals surface area contributed by atoms with Gasteiger partial charge in [-0.3, -0.25) is 15.0 Å². The molecule has 1 saturated carbocycles. The number of benzene rings is 1. The lowest BCUT2D eigenvalue weighted by Crippen LogP contribution is -2.56. The van der Waals surface area contributed by atoms with Gasteiger partial charge < -0.3 is 10.2 Å². The fourth-order valence-electron chi connectivity index (χ4n) is 3.91. The highest BCUT2D eigenvalue weighted by molar-refractivity contribution is 6.33. The van der Waals surface area contributed by atoms with E-state index in [1.165, 1.54) is 6.42 Å². The van der Waals surface area contributed by atoms with Crippen molar-refractivity contribution in [3.63, 3.8) is 0 Å². The van der Waals surface area contributed by atoms with Crippen molar-refractivity contribution in [2.24, 2.45) is 0 Å². The standard InChI is InChI=1S/C20H29ClN4O2/c1-15(19(26)23-20(27)22-16-7-3-2-4-8-16)24-11-13-25(14-12-24)18-10-6-5-9-17(18)21/h5-6,9-10,15-16H,2-4,7-8,11-14H2,1H3,(H2,22,23,26,27). The predicted molar refractivity (Wildman–Crippen MR) is 108 cm³/mol. The molecule has 2 N–H and O–H groups in total. The summed E-state index contributed by atoms with van der Waals surface area (Å²) in [4.78, 5) is 28.9. The van der Waals surface area contributed by atoms with Crippen molar-refractivity contribution in [1.82, 2.24) is 15.5 Å². The lowest BCUT2D eigenvalue weighted by atomic mass is 9.96. The Kier molecular flexibility index (Phi) is 6.96. The molecule has 3 amide bonds. The quantitative estimate of drug-likeness (QED) is 0.826. The molecule has 148 valence electrons. The van der Waals surface area contributed by atoms with Crippen LogP contribution >= 0.6 is 11.6 Å². The van der Waals surface area contributed by atoms with Gasteiger partial charge in [0.2, 0.25) is 5.91 Å². The molecule has 1 aliphatic heterocycles. The molecule has 0 radical (unpaired) electrons. The van der Waals surface area contributed by atoms with E-state index >= 15 is 0 Å². The van der Waals surface area contributed by atoms with E-state index in [0.29, 0.717) is 0 Å². The van der Waals surface area contributed by atoms with Gasteiger partial charge in [-0.15, -0.1) is 0 Å². The molecule has 2 fully saturated rings. The zero-order valence-corrected chi connectivity index (χ0v) is 16.7. The van der Waals surface area contributed by atoms with Crippen molar-refractivity contribution < 1.29 is 9.59 Å². The molecule has 6 nitrogen and oxygen atoms in total.